The standard InChI is InChI=1S/C5H15BN2/c1-2-3-4-5-7-8-6/h7-8H,2-6H2,1H3. The normalized spacial score (nSPS) is 9.62. The van der Waals surface area contributed by atoms with Gasteiger partial charge >= 0.3 is 0 Å². The first-order valence-corrected chi connectivity index (χ1v) is 3.31. The van der Waals surface area contributed by atoms with Gasteiger partial charge in [0.2, 0.25) is 7.98 Å². The van der Waals surface area contributed by atoms with E-state index in [9.17, 15) is 0 Å². The first-order valence-electron chi connectivity index (χ1n) is 3.31. The van der Waals surface area contributed by atoms with E-state index in [4.69, 9.17) is 0 Å². The Balaban J connectivity index is 2.53. The van der Waals surface area contributed by atoms with Crippen molar-refractivity contribution < 1.29 is 0 Å². The highest BCUT2D eigenvalue weighted by atomic mass is 15.3. The van der Waals surface area contributed by atoms with Gasteiger partial charge in [-0.05, 0) is 6.42 Å². The maximum absolute atomic E-state index is 3.03. The van der Waals surface area contributed by atoms with Crippen LogP contribution in [0.3, 0.4) is 0 Å². The van der Waals surface area contributed by atoms with Gasteiger partial charge in [0.1, 0.15) is 0 Å². The van der Waals surface area contributed by atoms with Gasteiger partial charge in [-0.3, -0.25) is 5.43 Å². The van der Waals surface area contributed by atoms with Crippen LogP contribution >= 0.6 is 0 Å². The first kappa shape index (κ1) is 7.98. The molecule has 2 nitrogen and oxygen atoms in total. The molecule has 0 unspecified atom stereocenters. The lowest BCUT2D eigenvalue weighted by Gasteiger charge is -1.99. The Labute approximate surface area is 52.4 Å². The third-order valence-electron chi connectivity index (χ3n) is 1.08. The zero-order chi connectivity index (χ0) is 6.24. The SMILES string of the molecule is BNNCCCCC. The monoisotopic (exact) mass is 114 g/mol. The number of nitrogens with one attached hydrogen (secondary N) is 2. The van der Waals surface area contributed by atoms with Gasteiger partial charge < -0.3 is 5.34 Å². The Bertz CT molecular complexity index is 35.4. The molecule has 48 valence electrons. The third kappa shape index (κ3) is 5.98. The Hall–Kier alpha value is -0.0151. The molecule has 0 saturated carbocycles. The Morgan fingerprint density at radius 3 is 2.62 bits per heavy atom. The summed E-state index contributed by atoms with van der Waals surface area (Å²) in [4.78, 5) is 0. The summed E-state index contributed by atoms with van der Waals surface area (Å²) in [7, 11) is 1.89. The lowest BCUT2D eigenvalue weighted by Crippen LogP contribution is -2.29. The average molecular weight is 114 g/mol. The summed E-state index contributed by atoms with van der Waals surface area (Å²) in [5, 5.41) is 2.88. The Morgan fingerprint density at radius 1 is 1.38 bits per heavy atom. The van der Waals surface area contributed by atoms with Crippen molar-refractivity contribution in [3.63, 3.8) is 0 Å². The number of hydrogen-bond acceptors (Lipinski definition) is 2. The molecule has 8 heavy (non-hydrogen) atoms. The van der Waals surface area contributed by atoms with Crippen molar-refractivity contribution in [1.29, 1.82) is 0 Å². The second kappa shape index (κ2) is 6.98. The largest absolute Gasteiger partial charge is 0.305 e. The Kier molecular flexibility index (Phi) is 6.97. The van der Waals surface area contributed by atoms with Crippen LogP contribution in [0.2, 0.25) is 0 Å². The maximum atomic E-state index is 3.03. The van der Waals surface area contributed by atoms with Gasteiger partial charge in [-0.1, -0.05) is 19.8 Å². The predicted molar refractivity (Wildman–Crippen MR) is 39.2 cm³/mol. The van der Waals surface area contributed by atoms with Crippen molar-refractivity contribution in [2.45, 2.75) is 26.2 Å². The minimum absolute atomic E-state index is 1.09. The predicted octanol–water partition coefficient (Wildman–Crippen LogP) is -0.181. The summed E-state index contributed by atoms with van der Waals surface area (Å²) < 4.78 is 0. The molecule has 0 atom stereocenters. The van der Waals surface area contributed by atoms with Crippen LogP contribution in [-0.4, -0.2) is 14.5 Å². The molecule has 0 fully saturated rings. The van der Waals surface area contributed by atoms with Crippen LogP contribution in [-0.2, 0) is 0 Å². The van der Waals surface area contributed by atoms with Crippen LogP contribution in [0.5, 0.6) is 0 Å². The minimum Gasteiger partial charge on any atom is -0.305 e. The van der Waals surface area contributed by atoms with Crippen LogP contribution in [0.4, 0.5) is 0 Å². The van der Waals surface area contributed by atoms with E-state index in [-0.39, 0.29) is 0 Å². The molecule has 0 spiro atoms. The molecule has 0 rings (SSSR count). The van der Waals surface area contributed by atoms with Gasteiger partial charge in [0.05, 0.1) is 0 Å². The van der Waals surface area contributed by atoms with Gasteiger partial charge in [-0.2, -0.15) is 0 Å². The zero-order valence-electron chi connectivity index (χ0n) is 5.83. The highest BCUT2D eigenvalue weighted by Crippen LogP contribution is 1.89. The molecule has 0 aliphatic carbocycles. The molecule has 0 radical (unpaired) electrons. The van der Waals surface area contributed by atoms with Gasteiger partial charge in [-0.25, -0.2) is 0 Å². The molecule has 0 aromatic rings. The van der Waals surface area contributed by atoms with E-state index in [0.29, 0.717) is 0 Å². The average Bonchev–Trinajstić information content (AvgIpc) is 1.81. The highest BCUT2D eigenvalue weighted by molar-refractivity contribution is 6.03. The second-order valence-electron chi connectivity index (χ2n) is 1.88. The van der Waals surface area contributed by atoms with Crippen molar-refractivity contribution in [3.8, 4) is 0 Å². The van der Waals surface area contributed by atoms with Crippen molar-refractivity contribution in [2.24, 2.45) is 0 Å². The molecular formula is C5H15BN2. The molecule has 2 N–H and O–H groups in total. The van der Waals surface area contributed by atoms with E-state index in [1.807, 2.05) is 7.98 Å². The summed E-state index contributed by atoms with van der Waals surface area (Å²) in [6.45, 7) is 3.30. The van der Waals surface area contributed by atoms with E-state index in [1.54, 1.807) is 0 Å². The van der Waals surface area contributed by atoms with Crippen LogP contribution in [0.1, 0.15) is 26.2 Å². The summed E-state index contributed by atoms with van der Waals surface area (Å²) in [5.41, 5.74) is 3.03. The van der Waals surface area contributed by atoms with Crippen LogP contribution < -0.4 is 10.8 Å². The smallest absolute Gasteiger partial charge is 0.201 e. The van der Waals surface area contributed by atoms with Crippen LogP contribution in [0.15, 0.2) is 0 Å². The fraction of sp³-hybridized carbons (Fsp3) is 1.00. The van der Waals surface area contributed by atoms with Crippen molar-refractivity contribution in [2.75, 3.05) is 6.54 Å². The molecule has 0 bridgehead atoms. The first-order chi connectivity index (χ1) is 3.91. The summed E-state index contributed by atoms with van der Waals surface area (Å²) >= 11 is 0. The molecule has 0 aliphatic heterocycles. The Morgan fingerprint density at radius 2 is 2.12 bits per heavy atom. The van der Waals surface area contributed by atoms with Gasteiger partial charge in [0.15, 0.2) is 0 Å². The van der Waals surface area contributed by atoms with E-state index in [2.05, 4.69) is 17.7 Å². The summed E-state index contributed by atoms with van der Waals surface area (Å²) in [5.74, 6) is 0. The van der Waals surface area contributed by atoms with Crippen molar-refractivity contribution in [3.05, 3.63) is 0 Å². The topological polar surface area (TPSA) is 24.1 Å². The second-order valence-corrected chi connectivity index (χ2v) is 1.88. The number of rotatable bonds is 5. The third-order valence-corrected chi connectivity index (χ3v) is 1.08. The van der Waals surface area contributed by atoms with E-state index in [1.165, 1.54) is 19.3 Å². The molecule has 0 aromatic heterocycles. The summed E-state index contributed by atoms with van der Waals surface area (Å²) in [6, 6.07) is 0. The van der Waals surface area contributed by atoms with Gasteiger partial charge in [-0.15, -0.1) is 0 Å². The highest BCUT2D eigenvalue weighted by Gasteiger charge is 1.81. The lowest BCUT2D eigenvalue weighted by atomic mass is 10.2. The maximum Gasteiger partial charge on any atom is 0.201 e. The zero-order valence-corrected chi connectivity index (χ0v) is 5.83. The number of hydrazine groups is 1. The van der Waals surface area contributed by atoms with E-state index < -0.39 is 0 Å². The molecular weight excluding hydrogens is 98.9 g/mol. The summed E-state index contributed by atoms with van der Waals surface area (Å²) in [6.07, 6.45) is 3.90. The van der Waals surface area contributed by atoms with Crippen molar-refractivity contribution in [1.82, 2.24) is 10.8 Å². The number of hydrogen-bond donors (Lipinski definition) is 2. The van der Waals surface area contributed by atoms with Crippen LogP contribution in [0, 0.1) is 0 Å². The van der Waals surface area contributed by atoms with E-state index >= 15 is 0 Å². The fourth-order valence-electron chi connectivity index (χ4n) is 0.588. The lowest BCUT2D eigenvalue weighted by molar-refractivity contribution is 0.605. The molecule has 0 heterocycles. The molecule has 0 aromatic carbocycles. The van der Waals surface area contributed by atoms with Gasteiger partial charge in [0.25, 0.3) is 0 Å². The van der Waals surface area contributed by atoms with E-state index in [0.717, 1.165) is 6.54 Å². The van der Waals surface area contributed by atoms with Crippen molar-refractivity contribution >= 4 is 7.98 Å². The van der Waals surface area contributed by atoms with Crippen LogP contribution in [0.25, 0.3) is 0 Å². The molecule has 0 aliphatic rings. The molecule has 3 heteroatoms. The fourth-order valence-corrected chi connectivity index (χ4v) is 0.588. The number of unbranched alkanes of at least 4 members (excludes halogenated alkanes) is 2. The minimum atomic E-state index is 1.09. The quantitative estimate of drug-likeness (QED) is 0.294. The molecule has 0 saturated heterocycles. The van der Waals surface area contributed by atoms with Gasteiger partial charge in [0, 0.05) is 6.54 Å². The molecule has 0 amide bonds.